The zero-order chi connectivity index (χ0) is 21.1. The SMILES string of the molecule is Cc1ccc2c(c1)C1(NC(=O)NC1=O)C(=O)N2Cc1ccc(C(F)(F)F)cc1F. The molecule has 1 unspecified atom stereocenters. The van der Waals surface area contributed by atoms with Gasteiger partial charge in [-0.15, -0.1) is 0 Å². The van der Waals surface area contributed by atoms with E-state index in [1.165, 1.54) is 6.07 Å². The maximum absolute atomic E-state index is 14.3. The van der Waals surface area contributed by atoms with Crippen molar-refractivity contribution < 1.29 is 31.9 Å². The Kier molecular flexibility index (Phi) is 3.93. The van der Waals surface area contributed by atoms with Gasteiger partial charge in [0.1, 0.15) is 5.82 Å². The molecule has 2 aromatic rings. The van der Waals surface area contributed by atoms with Crippen molar-refractivity contribution in [2.45, 2.75) is 25.2 Å². The van der Waals surface area contributed by atoms with Crippen LogP contribution in [0.5, 0.6) is 0 Å². The number of hydrogen-bond donors (Lipinski definition) is 2. The first-order chi connectivity index (χ1) is 13.5. The molecular weight excluding hydrogens is 394 g/mol. The van der Waals surface area contributed by atoms with Crippen molar-refractivity contribution in [3.63, 3.8) is 0 Å². The number of aryl methyl sites for hydroxylation is 1. The first kappa shape index (κ1) is 18.9. The van der Waals surface area contributed by atoms with Gasteiger partial charge in [-0.3, -0.25) is 14.9 Å². The summed E-state index contributed by atoms with van der Waals surface area (Å²) in [5.74, 6) is -2.82. The number of rotatable bonds is 2. The molecule has 2 aliphatic heterocycles. The summed E-state index contributed by atoms with van der Waals surface area (Å²) >= 11 is 0. The van der Waals surface area contributed by atoms with Gasteiger partial charge in [0.25, 0.3) is 11.8 Å². The molecule has 4 rings (SSSR count). The van der Waals surface area contributed by atoms with Crippen LogP contribution in [0.25, 0.3) is 0 Å². The molecule has 10 heteroatoms. The lowest BCUT2D eigenvalue weighted by Crippen LogP contribution is -2.52. The Bertz CT molecular complexity index is 1080. The van der Waals surface area contributed by atoms with Crippen LogP contribution in [-0.4, -0.2) is 17.8 Å². The molecule has 0 aromatic heterocycles. The van der Waals surface area contributed by atoms with Crippen LogP contribution >= 0.6 is 0 Å². The second kappa shape index (κ2) is 6.03. The maximum atomic E-state index is 14.3. The van der Waals surface area contributed by atoms with E-state index in [1.54, 1.807) is 19.1 Å². The fourth-order valence-electron chi connectivity index (χ4n) is 3.59. The van der Waals surface area contributed by atoms with Gasteiger partial charge in [0, 0.05) is 11.1 Å². The Morgan fingerprint density at radius 1 is 1.07 bits per heavy atom. The van der Waals surface area contributed by atoms with E-state index in [9.17, 15) is 31.9 Å². The molecule has 6 nitrogen and oxygen atoms in total. The monoisotopic (exact) mass is 407 g/mol. The van der Waals surface area contributed by atoms with Crippen LogP contribution in [0.1, 0.15) is 22.3 Å². The second-order valence-electron chi connectivity index (χ2n) is 6.87. The molecule has 0 radical (unpaired) electrons. The van der Waals surface area contributed by atoms with Crippen molar-refractivity contribution in [2.75, 3.05) is 4.90 Å². The molecule has 150 valence electrons. The molecule has 1 spiro atoms. The summed E-state index contributed by atoms with van der Waals surface area (Å²) in [6.07, 6.45) is -4.71. The number of carbonyl (C=O) groups excluding carboxylic acids is 3. The molecule has 0 bridgehead atoms. The van der Waals surface area contributed by atoms with E-state index >= 15 is 0 Å². The summed E-state index contributed by atoms with van der Waals surface area (Å²) in [6, 6.07) is 5.92. The number of nitrogens with one attached hydrogen (secondary N) is 2. The number of anilines is 1. The summed E-state index contributed by atoms with van der Waals surface area (Å²) < 4.78 is 52.6. The smallest absolute Gasteiger partial charge is 0.312 e. The Morgan fingerprint density at radius 3 is 2.38 bits per heavy atom. The summed E-state index contributed by atoms with van der Waals surface area (Å²) in [5, 5.41) is 4.36. The molecular formula is C19H13F4N3O3. The van der Waals surface area contributed by atoms with Crippen LogP contribution in [0, 0.1) is 12.7 Å². The molecule has 2 aliphatic rings. The number of imide groups is 1. The number of benzene rings is 2. The Labute approximate surface area is 161 Å². The van der Waals surface area contributed by atoms with Crippen LogP contribution in [-0.2, 0) is 27.8 Å². The molecule has 2 heterocycles. The van der Waals surface area contributed by atoms with Gasteiger partial charge in [-0.05, 0) is 25.1 Å². The first-order valence-corrected chi connectivity index (χ1v) is 8.46. The molecule has 1 saturated heterocycles. The minimum absolute atomic E-state index is 0.167. The number of alkyl halides is 3. The number of nitrogens with zero attached hydrogens (tertiary/aromatic N) is 1. The fourth-order valence-corrected chi connectivity index (χ4v) is 3.59. The van der Waals surface area contributed by atoms with E-state index in [4.69, 9.17) is 0 Å². The molecule has 1 atom stereocenters. The number of fused-ring (bicyclic) bond motifs is 2. The van der Waals surface area contributed by atoms with E-state index < -0.39 is 47.5 Å². The van der Waals surface area contributed by atoms with Gasteiger partial charge in [0.15, 0.2) is 0 Å². The Hall–Kier alpha value is -3.43. The zero-order valence-electron chi connectivity index (χ0n) is 14.9. The zero-order valence-corrected chi connectivity index (χ0v) is 14.9. The van der Waals surface area contributed by atoms with Gasteiger partial charge in [-0.1, -0.05) is 23.8 Å². The van der Waals surface area contributed by atoms with Crippen LogP contribution in [0.3, 0.4) is 0 Å². The van der Waals surface area contributed by atoms with Crippen LogP contribution in [0.4, 0.5) is 28.0 Å². The molecule has 1 fully saturated rings. The lowest BCUT2D eigenvalue weighted by molar-refractivity contribution is -0.138. The van der Waals surface area contributed by atoms with Crippen molar-refractivity contribution >= 4 is 23.5 Å². The van der Waals surface area contributed by atoms with E-state index in [0.29, 0.717) is 11.6 Å². The largest absolute Gasteiger partial charge is 0.416 e. The number of amides is 4. The fraction of sp³-hybridized carbons (Fsp3) is 0.211. The van der Waals surface area contributed by atoms with E-state index in [1.807, 2.05) is 5.32 Å². The highest BCUT2D eigenvalue weighted by molar-refractivity contribution is 6.27. The minimum atomic E-state index is -4.71. The predicted molar refractivity (Wildman–Crippen MR) is 92.1 cm³/mol. The third kappa shape index (κ3) is 2.74. The van der Waals surface area contributed by atoms with Gasteiger partial charge in [-0.2, -0.15) is 13.2 Å². The average molecular weight is 407 g/mol. The minimum Gasteiger partial charge on any atom is -0.312 e. The van der Waals surface area contributed by atoms with Crippen LogP contribution in [0.15, 0.2) is 36.4 Å². The topological polar surface area (TPSA) is 78.5 Å². The van der Waals surface area contributed by atoms with Crippen LogP contribution < -0.4 is 15.5 Å². The quantitative estimate of drug-likeness (QED) is 0.457. The molecule has 2 N–H and O–H groups in total. The predicted octanol–water partition coefficient (Wildman–Crippen LogP) is 2.73. The van der Waals surface area contributed by atoms with E-state index in [0.717, 1.165) is 17.0 Å². The summed E-state index contributed by atoms with van der Waals surface area (Å²) in [4.78, 5) is 38.4. The third-order valence-corrected chi connectivity index (χ3v) is 4.99. The molecule has 2 aromatic carbocycles. The first-order valence-electron chi connectivity index (χ1n) is 8.46. The average Bonchev–Trinajstić information content (AvgIpc) is 3.05. The Morgan fingerprint density at radius 2 is 1.79 bits per heavy atom. The molecule has 0 aliphatic carbocycles. The van der Waals surface area contributed by atoms with Gasteiger partial charge in [0.2, 0.25) is 5.54 Å². The number of carbonyl (C=O) groups is 3. The van der Waals surface area contributed by atoms with E-state index in [-0.39, 0.29) is 16.8 Å². The van der Waals surface area contributed by atoms with Gasteiger partial charge < -0.3 is 10.2 Å². The van der Waals surface area contributed by atoms with Gasteiger partial charge >= 0.3 is 12.2 Å². The second-order valence-corrected chi connectivity index (χ2v) is 6.87. The standard InChI is InChI=1S/C19H13F4N3O3/c1-9-2-5-14-12(6-9)18(15(27)24-17(29)25-18)16(28)26(14)8-10-3-4-11(7-13(10)20)19(21,22)23/h2-7H,8H2,1H3,(H2,24,25,27,29). The van der Waals surface area contributed by atoms with Crippen molar-refractivity contribution in [3.05, 3.63) is 64.5 Å². The summed E-state index contributed by atoms with van der Waals surface area (Å²) in [7, 11) is 0. The van der Waals surface area contributed by atoms with Crippen molar-refractivity contribution in [2.24, 2.45) is 0 Å². The van der Waals surface area contributed by atoms with Gasteiger partial charge in [0.05, 0.1) is 17.8 Å². The highest BCUT2D eigenvalue weighted by atomic mass is 19.4. The lowest BCUT2D eigenvalue weighted by atomic mass is 9.90. The van der Waals surface area contributed by atoms with Gasteiger partial charge in [-0.25, -0.2) is 9.18 Å². The summed E-state index contributed by atoms with van der Waals surface area (Å²) in [5.41, 5.74) is -2.11. The maximum Gasteiger partial charge on any atom is 0.416 e. The van der Waals surface area contributed by atoms with Crippen molar-refractivity contribution in [3.8, 4) is 0 Å². The third-order valence-electron chi connectivity index (χ3n) is 4.99. The van der Waals surface area contributed by atoms with E-state index in [2.05, 4.69) is 5.32 Å². The molecule has 4 amide bonds. The lowest BCUT2D eigenvalue weighted by Gasteiger charge is -2.21. The highest BCUT2D eigenvalue weighted by Gasteiger charge is 2.61. The molecule has 29 heavy (non-hydrogen) atoms. The normalized spacial score (nSPS) is 20.9. The number of halogens is 4. The Balaban J connectivity index is 1.78. The number of hydrogen-bond acceptors (Lipinski definition) is 3. The van der Waals surface area contributed by atoms with Crippen molar-refractivity contribution in [1.29, 1.82) is 0 Å². The molecule has 0 saturated carbocycles. The van der Waals surface area contributed by atoms with Crippen LogP contribution in [0.2, 0.25) is 0 Å². The summed E-state index contributed by atoms with van der Waals surface area (Å²) in [6.45, 7) is 1.31. The highest BCUT2D eigenvalue weighted by Crippen LogP contribution is 2.43. The van der Waals surface area contributed by atoms with Crippen molar-refractivity contribution in [1.82, 2.24) is 10.6 Å². The number of urea groups is 1.